The standard InChI is InChI=1S/C9H7ClOS/c1-7(11)9-5-8(6-12-9)3-2-4-10/h5-6H,4H2,1H3. The predicted molar refractivity (Wildman–Crippen MR) is 51.9 cm³/mol. The quantitative estimate of drug-likeness (QED) is 0.385. The fourth-order valence-corrected chi connectivity index (χ4v) is 1.53. The van der Waals surface area contributed by atoms with Gasteiger partial charge in [-0.05, 0) is 13.0 Å². The Bertz CT molecular complexity index is 343. The van der Waals surface area contributed by atoms with Crippen LogP contribution in [0.3, 0.4) is 0 Å². The topological polar surface area (TPSA) is 17.1 Å². The number of halogens is 1. The highest BCUT2D eigenvalue weighted by Crippen LogP contribution is 2.13. The molecule has 1 rings (SSSR count). The third-order valence-corrected chi connectivity index (χ3v) is 2.41. The zero-order valence-electron chi connectivity index (χ0n) is 6.56. The van der Waals surface area contributed by atoms with E-state index in [0.717, 1.165) is 10.4 Å². The number of ketones is 1. The van der Waals surface area contributed by atoms with Crippen molar-refractivity contribution in [2.24, 2.45) is 0 Å². The molecule has 1 heterocycles. The molecule has 62 valence electrons. The largest absolute Gasteiger partial charge is 0.294 e. The summed E-state index contributed by atoms with van der Waals surface area (Å²) in [5.41, 5.74) is 0.867. The molecular formula is C9H7ClOS. The molecule has 0 aliphatic carbocycles. The summed E-state index contributed by atoms with van der Waals surface area (Å²) < 4.78 is 0. The molecular weight excluding hydrogens is 192 g/mol. The lowest BCUT2D eigenvalue weighted by atomic mass is 10.3. The highest BCUT2D eigenvalue weighted by Gasteiger charge is 2.01. The Balaban J connectivity index is 2.84. The van der Waals surface area contributed by atoms with Crippen LogP contribution in [0.2, 0.25) is 0 Å². The lowest BCUT2D eigenvalue weighted by Gasteiger charge is -1.81. The maximum atomic E-state index is 10.9. The van der Waals surface area contributed by atoms with Crippen molar-refractivity contribution in [2.45, 2.75) is 6.92 Å². The summed E-state index contributed by atoms with van der Waals surface area (Å²) in [6.45, 7) is 1.55. The third kappa shape index (κ3) is 2.37. The second-order valence-electron chi connectivity index (χ2n) is 2.19. The summed E-state index contributed by atoms with van der Waals surface area (Å²) in [7, 11) is 0. The molecule has 0 saturated carbocycles. The highest BCUT2D eigenvalue weighted by molar-refractivity contribution is 7.12. The normalized spacial score (nSPS) is 8.83. The van der Waals surface area contributed by atoms with Gasteiger partial charge in [-0.1, -0.05) is 11.8 Å². The predicted octanol–water partition coefficient (Wildman–Crippen LogP) is 2.54. The fraction of sp³-hybridized carbons (Fsp3) is 0.222. The molecule has 1 aromatic rings. The Morgan fingerprint density at radius 3 is 3.00 bits per heavy atom. The number of alkyl halides is 1. The molecule has 0 fully saturated rings. The Morgan fingerprint density at radius 1 is 1.75 bits per heavy atom. The van der Waals surface area contributed by atoms with Crippen LogP contribution < -0.4 is 0 Å². The minimum Gasteiger partial charge on any atom is -0.294 e. The van der Waals surface area contributed by atoms with Crippen molar-refractivity contribution in [3.05, 3.63) is 21.9 Å². The van der Waals surface area contributed by atoms with Crippen molar-refractivity contribution in [3.8, 4) is 11.8 Å². The highest BCUT2D eigenvalue weighted by atomic mass is 35.5. The number of rotatable bonds is 1. The molecule has 0 aliphatic heterocycles. The van der Waals surface area contributed by atoms with Gasteiger partial charge in [-0.2, -0.15) is 0 Å². The summed E-state index contributed by atoms with van der Waals surface area (Å²) >= 11 is 6.80. The van der Waals surface area contributed by atoms with Crippen molar-refractivity contribution in [1.29, 1.82) is 0 Å². The van der Waals surface area contributed by atoms with E-state index in [1.807, 2.05) is 5.38 Å². The van der Waals surface area contributed by atoms with E-state index < -0.39 is 0 Å². The molecule has 0 atom stereocenters. The first-order valence-electron chi connectivity index (χ1n) is 3.38. The molecule has 0 radical (unpaired) electrons. The summed E-state index contributed by atoms with van der Waals surface area (Å²) in [6.07, 6.45) is 0. The first kappa shape index (κ1) is 9.31. The number of hydrogen-bond acceptors (Lipinski definition) is 2. The van der Waals surface area contributed by atoms with Crippen molar-refractivity contribution in [3.63, 3.8) is 0 Å². The number of carbonyl (C=O) groups is 1. The first-order valence-corrected chi connectivity index (χ1v) is 4.79. The molecule has 0 N–H and O–H groups in total. The van der Waals surface area contributed by atoms with Gasteiger partial charge in [0.25, 0.3) is 0 Å². The molecule has 1 aromatic heterocycles. The number of thiophene rings is 1. The Morgan fingerprint density at radius 2 is 2.50 bits per heavy atom. The van der Waals surface area contributed by atoms with E-state index in [4.69, 9.17) is 11.6 Å². The number of hydrogen-bond donors (Lipinski definition) is 0. The van der Waals surface area contributed by atoms with Gasteiger partial charge in [0.05, 0.1) is 10.8 Å². The second-order valence-corrected chi connectivity index (χ2v) is 3.37. The minimum atomic E-state index is 0.0823. The van der Waals surface area contributed by atoms with E-state index in [1.165, 1.54) is 11.3 Å². The van der Waals surface area contributed by atoms with Crippen molar-refractivity contribution >= 4 is 28.7 Å². The van der Waals surface area contributed by atoms with E-state index in [1.54, 1.807) is 13.0 Å². The zero-order valence-corrected chi connectivity index (χ0v) is 8.13. The Hall–Kier alpha value is -0.780. The van der Waals surface area contributed by atoms with E-state index in [-0.39, 0.29) is 5.78 Å². The first-order chi connectivity index (χ1) is 5.74. The number of carbonyl (C=O) groups excluding carboxylic acids is 1. The summed E-state index contributed by atoms with van der Waals surface area (Å²) in [4.78, 5) is 11.6. The van der Waals surface area contributed by atoms with Crippen LogP contribution in [-0.4, -0.2) is 11.7 Å². The Labute approximate surface area is 80.4 Å². The second kappa shape index (κ2) is 4.30. The molecule has 0 unspecified atom stereocenters. The third-order valence-electron chi connectivity index (χ3n) is 1.25. The monoisotopic (exact) mass is 198 g/mol. The lowest BCUT2D eigenvalue weighted by molar-refractivity contribution is 0.102. The van der Waals surface area contributed by atoms with Gasteiger partial charge in [-0.15, -0.1) is 22.9 Å². The molecule has 0 aromatic carbocycles. The molecule has 0 amide bonds. The van der Waals surface area contributed by atoms with E-state index >= 15 is 0 Å². The molecule has 0 saturated heterocycles. The van der Waals surface area contributed by atoms with Crippen molar-refractivity contribution in [1.82, 2.24) is 0 Å². The van der Waals surface area contributed by atoms with Crippen LogP contribution in [0.15, 0.2) is 11.4 Å². The van der Waals surface area contributed by atoms with Gasteiger partial charge in [0, 0.05) is 10.9 Å². The summed E-state index contributed by atoms with van der Waals surface area (Å²) in [6, 6.07) is 1.78. The maximum Gasteiger partial charge on any atom is 0.169 e. The van der Waals surface area contributed by atoms with Crippen LogP contribution in [0.25, 0.3) is 0 Å². The van der Waals surface area contributed by atoms with Gasteiger partial charge in [0.1, 0.15) is 0 Å². The lowest BCUT2D eigenvalue weighted by Crippen LogP contribution is -1.84. The van der Waals surface area contributed by atoms with Crippen molar-refractivity contribution < 1.29 is 4.79 Å². The number of Topliss-reactive ketones (excluding diaryl/α,β-unsaturated/α-hetero) is 1. The molecule has 3 heteroatoms. The Kier molecular flexibility index (Phi) is 3.33. The molecule has 0 spiro atoms. The molecule has 12 heavy (non-hydrogen) atoms. The van der Waals surface area contributed by atoms with E-state index in [9.17, 15) is 4.79 Å². The van der Waals surface area contributed by atoms with Gasteiger partial charge in [0.15, 0.2) is 5.78 Å². The molecule has 1 nitrogen and oxygen atoms in total. The van der Waals surface area contributed by atoms with E-state index in [0.29, 0.717) is 5.88 Å². The zero-order chi connectivity index (χ0) is 8.97. The molecule has 0 aliphatic rings. The van der Waals surface area contributed by atoms with E-state index in [2.05, 4.69) is 11.8 Å². The van der Waals surface area contributed by atoms with Crippen molar-refractivity contribution in [2.75, 3.05) is 5.88 Å². The van der Waals surface area contributed by atoms with Gasteiger partial charge in [0.2, 0.25) is 0 Å². The average molecular weight is 199 g/mol. The van der Waals surface area contributed by atoms with Gasteiger partial charge >= 0.3 is 0 Å². The van der Waals surface area contributed by atoms with Crippen LogP contribution >= 0.6 is 22.9 Å². The van der Waals surface area contributed by atoms with Gasteiger partial charge < -0.3 is 0 Å². The van der Waals surface area contributed by atoms with Gasteiger partial charge in [-0.3, -0.25) is 4.79 Å². The minimum absolute atomic E-state index is 0.0823. The summed E-state index contributed by atoms with van der Waals surface area (Å²) in [5, 5.41) is 1.86. The van der Waals surface area contributed by atoms with Crippen LogP contribution in [0.4, 0.5) is 0 Å². The SMILES string of the molecule is CC(=O)c1cc(C#CCCl)cs1. The van der Waals surface area contributed by atoms with Crippen LogP contribution in [-0.2, 0) is 0 Å². The van der Waals surface area contributed by atoms with Crippen LogP contribution in [0.5, 0.6) is 0 Å². The van der Waals surface area contributed by atoms with Crippen LogP contribution in [0, 0.1) is 11.8 Å². The maximum absolute atomic E-state index is 10.9. The molecule has 0 bridgehead atoms. The summed E-state index contributed by atoms with van der Waals surface area (Å²) in [5.74, 6) is 5.98. The fourth-order valence-electron chi connectivity index (χ4n) is 0.722. The smallest absolute Gasteiger partial charge is 0.169 e. The average Bonchev–Trinajstić information content (AvgIpc) is 2.48. The van der Waals surface area contributed by atoms with Gasteiger partial charge in [-0.25, -0.2) is 0 Å². The van der Waals surface area contributed by atoms with Crippen LogP contribution in [0.1, 0.15) is 22.2 Å².